The standard InChI is InChI=1S/C24H16F2N2O2/c25-19-11-15-5-7-17(28-21(15)12-20(19)26)6-3-14-4-8-22-18(10-14)24(29)23-16(13-30-22)2-1-9-27-23/h1-2,4-5,7-12H,3,6,13H2. The maximum absolute atomic E-state index is 13.5. The summed E-state index contributed by atoms with van der Waals surface area (Å²) in [5, 5.41) is 0.552. The number of aryl methyl sites for hydroxylation is 2. The van der Waals surface area contributed by atoms with E-state index in [1.807, 2.05) is 18.2 Å². The minimum absolute atomic E-state index is 0.152. The fourth-order valence-corrected chi connectivity index (χ4v) is 3.65. The van der Waals surface area contributed by atoms with Gasteiger partial charge in [-0.05, 0) is 48.7 Å². The third kappa shape index (κ3) is 3.30. The van der Waals surface area contributed by atoms with Gasteiger partial charge in [0.05, 0.1) is 11.1 Å². The predicted molar refractivity (Wildman–Crippen MR) is 108 cm³/mol. The van der Waals surface area contributed by atoms with Crippen molar-refractivity contribution in [3.63, 3.8) is 0 Å². The summed E-state index contributed by atoms with van der Waals surface area (Å²) in [7, 11) is 0. The predicted octanol–water partition coefficient (Wildman–Crippen LogP) is 4.82. The summed E-state index contributed by atoms with van der Waals surface area (Å²) in [4.78, 5) is 21.6. The second kappa shape index (κ2) is 7.30. The van der Waals surface area contributed by atoms with Crippen molar-refractivity contribution in [1.29, 1.82) is 0 Å². The molecular weight excluding hydrogens is 386 g/mol. The van der Waals surface area contributed by atoms with Crippen molar-refractivity contribution < 1.29 is 18.3 Å². The van der Waals surface area contributed by atoms with E-state index in [-0.39, 0.29) is 5.78 Å². The normalized spacial score (nSPS) is 12.8. The van der Waals surface area contributed by atoms with Crippen LogP contribution in [0, 0.1) is 11.6 Å². The molecule has 0 aliphatic carbocycles. The summed E-state index contributed by atoms with van der Waals surface area (Å²) in [5.74, 6) is -1.40. The Morgan fingerprint density at radius 1 is 0.967 bits per heavy atom. The molecule has 2 aromatic heterocycles. The lowest BCUT2D eigenvalue weighted by Gasteiger charge is -2.09. The van der Waals surface area contributed by atoms with Gasteiger partial charge >= 0.3 is 0 Å². The van der Waals surface area contributed by atoms with E-state index >= 15 is 0 Å². The number of nitrogens with zero attached hydrogens (tertiary/aromatic N) is 2. The number of hydrogen-bond donors (Lipinski definition) is 0. The molecule has 4 nitrogen and oxygen atoms in total. The highest BCUT2D eigenvalue weighted by atomic mass is 19.2. The third-order valence-corrected chi connectivity index (χ3v) is 5.24. The van der Waals surface area contributed by atoms with E-state index in [0.29, 0.717) is 47.4 Å². The molecule has 0 radical (unpaired) electrons. The van der Waals surface area contributed by atoms with Crippen LogP contribution in [0.1, 0.15) is 32.9 Å². The largest absolute Gasteiger partial charge is 0.488 e. The van der Waals surface area contributed by atoms with E-state index in [2.05, 4.69) is 9.97 Å². The zero-order chi connectivity index (χ0) is 20.7. The average molecular weight is 402 g/mol. The van der Waals surface area contributed by atoms with Gasteiger partial charge in [-0.15, -0.1) is 0 Å². The molecule has 6 heteroatoms. The molecule has 1 aliphatic rings. The van der Waals surface area contributed by atoms with Crippen molar-refractivity contribution in [2.45, 2.75) is 19.4 Å². The summed E-state index contributed by atoms with van der Waals surface area (Å²) < 4.78 is 32.7. The van der Waals surface area contributed by atoms with Crippen molar-refractivity contribution in [1.82, 2.24) is 9.97 Å². The van der Waals surface area contributed by atoms with Crippen LogP contribution in [0.4, 0.5) is 8.78 Å². The van der Waals surface area contributed by atoms with E-state index in [1.54, 1.807) is 30.5 Å². The van der Waals surface area contributed by atoms with Gasteiger partial charge in [-0.3, -0.25) is 14.8 Å². The molecule has 1 aliphatic heterocycles. The number of ether oxygens (including phenoxy) is 1. The number of carbonyl (C=O) groups excluding carboxylic acids is 1. The van der Waals surface area contributed by atoms with Crippen molar-refractivity contribution in [3.05, 3.63) is 101 Å². The molecule has 0 fully saturated rings. The van der Waals surface area contributed by atoms with Gasteiger partial charge in [0.15, 0.2) is 11.6 Å². The minimum atomic E-state index is -0.912. The topological polar surface area (TPSA) is 52.1 Å². The molecule has 0 N–H and O–H groups in total. The molecule has 0 atom stereocenters. The Bertz CT molecular complexity index is 1300. The second-order valence-corrected chi connectivity index (χ2v) is 7.22. The lowest BCUT2D eigenvalue weighted by Crippen LogP contribution is -2.06. The first-order chi connectivity index (χ1) is 14.6. The number of benzene rings is 2. The number of carbonyl (C=O) groups is 1. The number of aromatic nitrogens is 2. The molecule has 0 unspecified atom stereocenters. The molecule has 5 rings (SSSR count). The number of halogens is 2. The van der Waals surface area contributed by atoms with Crippen LogP contribution in [0.25, 0.3) is 10.9 Å². The van der Waals surface area contributed by atoms with Gasteiger partial charge in [-0.25, -0.2) is 8.78 Å². The van der Waals surface area contributed by atoms with E-state index in [4.69, 9.17) is 4.74 Å². The van der Waals surface area contributed by atoms with Crippen molar-refractivity contribution >= 4 is 16.7 Å². The molecule has 0 bridgehead atoms. The van der Waals surface area contributed by atoms with Crippen molar-refractivity contribution in [3.8, 4) is 5.75 Å². The van der Waals surface area contributed by atoms with Gasteiger partial charge in [0.2, 0.25) is 5.78 Å². The molecular formula is C24H16F2N2O2. The van der Waals surface area contributed by atoms with Crippen molar-refractivity contribution in [2.75, 3.05) is 0 Å². The van der Waals surface area contributed by atoms with Crippen molar-refractivity contribution in [2.24, 2.45) is 0 Å². The Morgan fingerprint density at radius 3 is 2.73 bits per heavy atom. The first-order valence-corrected chi connectivity index (χ1v) is 9.57. The van der Waals surface area contributed by atoms with Crippen LogP contribution in [0.5, 0.6) is 5.75 Å². The third-order valence-electron chi connectivity index (χ3n) is 5.24. The SMILES string of the molecule is O=C1c2cc(CCc3ccc4cc(F)c(F)cc4n3)ccc2OCc2cccnc21. The van der Waals surface area contributed by atoms with Gasteiger partial charge < -0.3 is 4.74 Å². The summed E-state index contributed by atoms with van der Waals surface area (Å²) in [6.45, 7) is 0.305. The van der Waals surface area contributed by atoms with Crippen LogP contribution in [0.15, 0.2) is 60.8 Å². The number of rotatable bonds is 3. The highest BCUT2D eigenvalue weighted by Gasteiger charge is 2.23. The Morgan fingerprint density at radius 2 is 1.83 bits per heavy atom. The second-order valence-electron chi connectivity index (χ2n) is 7.22. The van der Waals surface area contributed by atoms with Crippen LogP contribution in [0.3, 0.4) is 0 Å². The minimum Gasteiger partial charge on any atom is -0.488 e. The van der Waals surface area contributed by atoms with E-state index in [1.165, 1.54) is 0 Å². The maximum atomic E-state index is 13.5. The van der Waals surface area contributed by atoms with E-state index in [9.17, 15) is 13.6 Å². The molecule has 0 saturated heterocycles. The maximum Gasteiger partial charge on any atom is 0.215 e. The molecule has 2 aromatic carbocycles. The zero-order valence-corrected chi connectivity index (χ0v) is 15.9. The number of ketones is 1. The highest BCUT2D eigenvalue weighted by molar-refractivity contribution is 6.10. The first kappa shape index (κ1) is 18.4. The summed E-state index contributed by atoms with van der Waals surface area (Å²) in [6, 6.07) is 15.0. The summed E-state index contributed by atoms with van der Waals surface area (Å²) in [6.07, 6.45) is 2.83. The van der Waals surface area contributed by atoms with Gasteiger partial charge in [0.25, 0.3) is 0 Å². The van der Waals surface area contributed by atoms with E-state index < -0.39 is 11.6 Å². The molecule has 0 saturated carbocycles. The fraction of sp³-hybridized carbons (Fsp3) is 0.125. The van der Waals surface area contributed by atoms with Gasteiger partial charge in [0, 0.05) is 28.9 Å². The number of hydrogen-bond acceptors (Lipinski definition) is 4. The molecule has 30 heavy (non-hydrogen) atoms. The molecule has 0 amide bonds. The Hall–Kier alpha value is -3.67. The average Bonchev–Trinajstić information content (AvgIpc) is 2.90. The van der Waals surface area contributed by atoms with Crippen LogP contribution < -0.4 is 4.74 Å². The van der Waals surface area contributed by atoms with Crippen LogP contribution in [0.2, 0.25) is 0 Å². The summed E-state index contributed by atoms with van der Waals surface area (Å²) >= 11 is 0. The molecule has 0 spiro atoms. The highest BCUT2D eigenvalue weighted by Crippen LogP contribution is 2.29. The van der Waals surface area contributed by atoms with Gasteiger partial charge in [-0.2, -0.15) is 0 Å². The number of pyridine rings is 2. The Balaban J connectivity index is 1.40. The monoisotopic (exact) mass is 402 g/mol. The summed E-state index contributed by atoms with van der Waals surface area (Å²) in [5.41, 5.74) is 3.81. The van der Waals surface area contributed by atoms with E-state index in [0.717, 1.165) is 29.0 Å². The fourth-order valence-electron chi connectivity index (χ4n) is 3.65. The quantitative estimate of drug-likeness (QED) is 0.493. The van der Waals surface area contributed by atoms with Gasteiger partial charge in [-0.1, -0.05) is 18.2 Å². The number of fused-ring (bicyclic) bond motifs is 3. The lowest BCUT2D eigenvalue weighted by atomic mass is 9.99. The molecule has 4 aromatic rings. The molecule has 148 valence electrons. The smallest absolute Gasteiger partial charge is 0.215 e. The van der Waals surface area contributed by atoms with Crippen LogP contribution in [-0.4, -0.2) is 15.8 Å². The van der Waals surface area contributed by atoms with Crippen LogP contribution in [-0.2, 0) is 19.4 Å². The van der Waals surface area contributed by atoms with Crippen LogP contribution >= 0.6 is 0 Å². The molecule has 3 heterocycles. The lowest BCUT2D eigenvalue weighted by molar-refractivity contribution is 0.103. The Labute approximate surface area is 171 Å². The first-order valence-electron chi connectivity index (χ1n) is 9.57. The van der Waals surface area contributed by atoms with Gasteiger partial charge in [0.1, 0.15) is 18.1 Å². The Kier molecular flexibility index (Phi) is 4.47. The zero-order valence-electron chi connectivity index (χ0n) is 15.9.